The zero-order valence-electron chi connectivity index (χ0n) is 11.2. The van der Waals surface area contributed by atoms with Crippen LogP contribution in [0.5, 0.6) is 5.75 Å². The minimum absolute atomic E-state index is 0.0190. The van der Waals surface area contributed by atoms with Crippen LogP contribution in [-0.4, -0.2) is 47.1 Å². The molecule has 7 heteroatoms. The molecular weight excluding hydrogens is 354 g/mol. The van der Waals surface area contributed by atoms with Crippen molar-refractivity contribution in [2.45, 2.75) is 0 Å². The van der Waals surface area contributed by atoms with Crippen LogP contribution >= 0.6 is 27.3 Å². The fourth-order valence-electron chi connectivity index (χ4n) is 2.32. The quantitative estimate of drug-likeness (QED) is 0.885. The number of carbonyl (C=O) groups excluding carboxylic acids is 1. The average molecular weight is 368 g/mol. The molecule has 2 aromatic rings. The summed E-state index contributed by atoms with van der Waals surface area (Å²) in [5.74, 6) is -0.113. The van der Waals surface area contributed by atoms with E-state index in [0.717, 1.165) is 22.7 Å². The topological polar surface area (TPSA) is 56.7 Å². The predicted octanol–water partition coefficient (Wildman–Crippen LogP) is 2.57. The minimum atomic E-state index is -0.132. The fourth-order valence-corrected chi connectivity index (χ4v) is 3.38. The first-order chi connectivity index (χ1) is 10.1. The molecule has 1 aromatic carbocycles. The van der Waals surface area contributed by atoms with Crippen LogP contribution in [0.1, 0.15) is 10.4 Å². The van der Waals surface area contributed by atoms with Crippen molar-refractivity contribution in [1.29, 1.82) is 0 Å². The molecule has 0 radical (unpaired) electrons. The first-order valence-electron chi connectivity index (χ1n) is 6.57. The first kappa shape index (κ1) is 14.3. The number of benzene rings is 1. The molecule has 1 N–H and O–H groups in total. The van der Waals surface area contributed by atoms with Gasteiger partial charge in [-0.2, -0.15) is 0 Å². The van der Waals surface area contributed by atoms with Crippen molar-refractivity contribution >= 4 is 38.3 Å². The molecule has 0 spiro atoms. The van der Waals surface area contributed by atoms with Gasteiger partial charge in [-0.05, 0) is 18.2 Å². The number of halogens is 1. The summed E-state index contributed by atoms with van der Waals surface area (Å²) in [7, 11) is 0. The van der Waals surface area contributed by atoms with E-state index in [1.807, 2.05) is 5.38 Å². The van der Waals surface area contributed by atoms with Crippen molar-refractivity contribution in [1.82, 2.24) is 9.88 Å². The molecule has 1 saturated heterocycles. The van der Waals surface area contributed by atoms with Gasteiger partial charge in [0.25, 0.3) is 5.91 Å². The Hall–Kier alpha value is -1.60. The number of anilines is 1. The van der Waals surface area contributed by atoms with E-state index in [1.54, 1.807) is 34.6 Å². The first-order valence-corrected chi connectivity index (χ1v) is 8.24. The minimum Gasteiger partial charge on any atom is -0.507 e. The van der Waals surface area contributed by atoms with E-state index in [0.29, 0.717) is 18.7 Å². The molecule has 21 heavy (non-hydrogen) atoms. The molecule has 0 unspecified atom stereocenters. The monoisotopic (exact) mass is 367 g/mol. The largest absolute Gasteiger partial charge is 0.507 e. The average Bonchev–Trinajstić information content (AvgIpc) is 3.03. The van der Waals surface area contributed by atoms with Crippen LogP contribution in [0.15, 0.2) is 34.2 Å². The van der Waals surface area contributed by atoms with Crippen LogP contribution in [0.3, 0.4) is 0 Å². The number of aromatic nitrogens is 1. The molecule has 1 aromatic heterocycles. The lowest BCUT2D eigenvalue weighted by atomic mass is 10.1. The van der Waals surface area contributed by atoms with Gasteiger partial charge in [-0.15, -0.1) is 11.3 Å². The smallest absolute Gasteiger partial charge is 0.257 e. The van der Waals surface area contributed by atoms with Crippen molar-refractivity contribution < 1.29 is 9.90 Å². The Balaban J connectivity index is 1.69. The standard InChI is InChI=1S/C14H14BrN3O2S/c15-10-1-2-12(19)11(9-10)13(20)17-4-6-18(7-5-17)14-16-3-8-21-14/h1-3,8-9,19H,4-7H2. The third-order valence-corrected chi connectivity index (χ3v) is 4.77. The Morgan fingerprint density at radius 1 is 1.29 bits per heavy atom. The molecule has 3 rings (SSSR count). The van der Waals surface area contributed by atoms with Gasteiger partial charge in [-0.1, -0.05) is 15.9 Å². The van der Waals surface area contributed by atoms with E-state index in [1.165, 1.54) is 6.07 Å². The molecule has 2 heterocycles. The number of thiazole rings is 1. The van der Waals surface area contributed by atoms with Gasteiger partial charge in [0.05, 0.1) is 5.56 Å². The number of piperazine rings is 1. The normalized spacial score (nSPS) is 15.3. The van der Waals surface area contributed by atoms with Gasteiger partial charge in [0, 0.05) is 42.2 Å². The Kier molecular flexibility index (Phi) is 4.12. The van der Waals surface area contributed by atoms with Crippen LogP contribution < -0.4 is 4.90 Å². The summed E-state index contributed by atoms with van der Waals surface area (Å²) in [6.07, 6.45) is 1.79. The van der Waals surface area contributed by atoms with E-state index < -0.39 is 0 Å². The summed E-state index contributed by atoms with van der Waals surface area (Å²) < 4.78 is 0.782. The molecule has 1 fully saturated rings. The fraction of sp³-hybridized carbons (Fsp3) is 0.286. The predicted molar refractivity (Wildman–Crippen MR) is 86.0 cm³/mol. The van der Waals surface area contributed by atoms with Crippen LogP contribution in [-0.2, 0) is 0 Å². The zero-order valence-corrected chi connectivity index (χ0v) is 13.6. The number of hydrogen-bond donors (Lipinski definition) is 1. The maximum atomic E-state index is 12.5. The second-order valence-electron chi connectivity index (χ2n) is 4.76. The van der Waals surface area contributed by atoms with Crippen molar-refractivity contribution in [2.24, 2.45) is 0 Å². The van der Waals surface area contributed by atoms with E-state index in [-0.39, 0.29) is 11.7 Å². The lowest BCUT2D eigenvalue weighted by Crippen LogP contribution is -2.48. The van der Waals surface area contributed by atoms with Gasteiger partial charge in [-0.3, -0.25) is 4.79 Å². The molecule has 0 aliphatic carbocycles. The molecular formula is C14H14BrN3O2S. The maximum absolute atomic E-state index is 12.5. The Bertz CT molecular complexity index is 640. The molecule has 1 aliphatic heterocycles. The Morgan fingerprint density at radius 2 is 2.05 bits per heavy atom. The third kappa shape index (κ3) is 3.03. The molecule has 0 bridgehead atoms. The second-order valence-corrected chi connectivity index (χ2v) is 6.54. The lowest BCUT2D eigenvalue weighted by Gasteiger charge is -2.34. The number of phenolic OH excluding ortho intramolecular Hbond substituents is 1. The number of phenols is 1. The van der Waals surface area contributed by atoms with Crippen molar-refractivity contribution in [3.63, 3.8) is 0 Å². The molecule has 1 amide bonds. The summed E-state index contributed by atoms with van der Waals surface area (Å²) in [5.41, 5.74) is 0.340. The number of amides is 1. The van der Waals surface area contributed by atoms with Gasteiger partial charge in [0.1, 0.15) is 5.75 Å². The van der Waals surface area contributed by atoms with Gasteiger partial charge >= 0.3 is 0 Å². The zero-order chi connectivity index (χ0) is 14.8. The summed E-state index contributed by atoms with van der Waals surface area (Å²) in [6.45, 7) is 2.77. The number of aromatic hydroxyl groups is 1. The number of nitrogens with zero attached hydrogens (tertiary/aromatic N) is 3. The number of hydrogen-bond acceptors (Lipinski definition) is 5. The van der Waals surface area contributed by atoms with Crippen LogP contribution in [0.2, 0.25) is 0 Å². The summed E-state index contributed by atoms with van der Waals surface area (Å²) in [5, 5.41) is 12.8. The third-order valence-electron chi connectivity index (χ3n) is 3.45. The van der Waals surface area contributed by atoms with Crippen molar-refractivity contribution in [2.75, 3.05) is 31.1 Å². The number of rotatable bonds is 2. The SMILES string of the molecule is O=C(c1cc(Br)ccc1O)N1CCN(c2nccs2)CC1. The van der Waals surface area contributed by atoms with E-state index in [4.69, 9.17) is 0 Å². The van der Waals surface area contributed by atoms with Gasteiger partial charge in [0.2, 0.25) is 0 Å². The summed E-state index contributed by atoms with van der Waals surface area (Å²) >= 11 is 4.93. The molecule has 1 aliphatic rings. The van der Waals surface area contributed by atoms with Gasteiger partial charge < -0.3 is 14.9 Å². The Labute approximate surface area is 135 Å². The van der Waals surface area contributed by atoms with E-state index >= 15 is 0 Å². The number of carbonyl (C=O) groups is 1. The van der Waals surface area contributed by atoms with E-state index in [2.05, 4.69) is 25.8 Å². The Morgan fingerprint density at radius 3 is 2.71 bits per heavy atom. The van der Waals surface area contributed by atoms with Crippen LogP contribution in [0.4, 0.5) is 5.13 Å². The highest BCUT2D eigenvalue weighted by molar-refractivity contribution is 9.10. The van der Waals surface area contributed by atoms with Crippen LogP contribution in [0.25, 0.3) is 0 Å². The van der Waals surface area contributed by atoms with Crippen molar-refractivity contribution in [3.8, 4) is 5.75 Å². The summed E-state index contributed by atoms with van der Waals surface area (Å²) in [4.78, 5) is 20.7. The molecule has 110 valence electrons. The summed E-state index contributed by atoms with van der Waals surface area (Å²) in [6, 6.07) is 4.90. The maximum Gasteiger partial charge on any atom is 0.257 e. The molecule has 0 saturated carbocycles. The lowest BCUT2D eigenvalue weighted by molar-refractivity contribution is 0.0743. The molecule has 5 nitrogen and oxygen atoms in total. The van der Waals surface area contributed by atoms with Crippen LogP contribution in [0, 0.1) is 0 Å². The van der Waals surface area contributed by atoms with Gasteiger partial charge in [0.15, 0.2) is 5.13 Å². The van der Waals surface area contributed by atoms with Gasteiger partial charge in [-0.25, -0.2) is 4.98 Å². The highest BCUT2D eigenvalue weighted by Crippen LogP contribution is 2.25. The second kappa shape index (κ2) is 6.03. The highest BCUT2D eigenvalue weighted by atomic mass is 79.9. The van der Waals surface area contributed by atoms with Crippen molar-refractivity contribution in [3.05, 3.63) is 39.8 Å². The molecule has 0 atom stereocenters. The highest BCUT2D eigenvalue weighted by Gasteiger charge is 2.24. The van der Waals surface area contributed by atoms with E-state index in [9.17, 15) is 9.90 Å².